The number of hydrogen-bond donors (Lipinski definition) is 5. The Hall–Kier alpha value is -2.63. The second-order valence-corrected chi connectivity index (χ2v) is 8.44. The summed E-state index contributed by atoms with van der Waals surface area (Å²) in [5.74, 6) is -2.60. The number of carbonyl (C=O) groups is 3. The molecule has 0 aromatic heterocycles. The molecule has 2 rings (SSSR count). The van der Waals surface area contributed by atoms with Crippen LogP contribution in [-0.4, -0.2) is 80.9 Å². The molecule has 182 valence electrons. The minimum absolute atomic E-state index is 0.0388. The summed E-state index contributed by atoms with van der Waals surface area (Å²) in [6.07, 6.45) is 3.87. The number of nitrogens with one attached hydrogen (secondary N) is 1. The lowest BCUT2D eigenvalue weighted by Crippen LogP contribution is -2.55. The molecule has 2 aliphatic heterocycles. The van der Waals surface area contributed by atoms with Crippen LogP contribution < -0.4 is 5.32 Å². The normalized spacial score (nSPS) is 31.2. The molecule has 33 heavy (non-hydrogen) atoms. The van der Waals surface area contributed by atoms with E-state index in [-0.39, 0.29) is 29.7 Å². The molecule has 2 aliphatic rings. The first kappa shape index (κ1) is 26.6. The Morgan fingerprint density at radius 3 is 2.55 bits per heavy atom. The molecule has 0 unspecified atom stereocenters. The number of methoxy groups -OCH3 is 1. The van der Waals surface area contributed by atoms with Crippen molar-refractivity contribution in [1.82, 2.24) is 5.32 Å². The lowest BCUT2D eigenvalue weighted by atomic mass is 9.86. The third-order valence-corrected chi connectivity index (χ3v) is 5.84. The zero-order valence-electron chi connectivity index (χ0n) is 19.3. The minimum atomic E-state index is -2.59. The lowest BCUT2D eigenvalue weighted by molar-refractivity contribution is -0.160. The highest BCUT2D eigenvalue weighted by Crippen LogP contribution is 2.39. The molecule has 0 aliphatic carbocycles. The van der Waals surface area contributed by atoms with Gasteiger partial charge in [-0.05, 0) is 44.9 Å². The molecule has 0 bridgehead atoms. The van der Waals surface area contributed by atoms with E-state index in [2.05, 4.69) is 10.1 Å². The number of aliphatic hydroxyl groups is 4. The molecule has 2 saturated heterocycles. The van der Waals surface area contributed by atoms with Crippen LogP contribution in [0.25, 0.3) is 0 Å². The molecule has 0 aromatic carbocycles. The van der Waals surface area contributed by atoms with Gasteiger partial charge in [-0.3, -0.25) is 9.59 Å². The average molecular weight is 465 g/mol. The van der Waals surface area contributed by atoms with Gasteiger partial charge in [0.1, 0.15) is 11.7 Å². The maximum atomic E-state index is 12.8. The van der Waals surface area contributed by atoms with Crippen molar-refractivity contribution >= 4 is 17.7 Å². The van der Waals surface area contributed by atoms with Crippen molar-refractivity contribution < 1.29 is 44.3 Å². The molecule has 1 amide bonds. The van der Waals surface area contributed by atoms with Crippen LogP contribution in [0.4, 0.5) is 0 Å². The highest BCUT2D eigenvalue weighted by atomic mass is 16.5. The summed E-state index contributed by atoms with van der Waals surface area (Å²) in [6, 6.07) is 0. The molecular weight excluding hydrogens is 434 g/mol. The van der Waals surface area contributed by atoms with Crippen LogP contribution in [0.2, 0.25) is 0 Å². The molecule has 0 radical (unpaired) electrons. The highest BCUT2D eigenvalue weighted by molar-refractivity contribution is 6.18. The quantitative estimate of drug-likeness (QED) is 0.139. The Bertz CT molecular complexity index is 946. The Morgan fingerprint density at radius 1 is 1.33 bits per heavy atom. The lowest BCUT2D eigenvalue weighted by Gasteiger charge is -2.27. The van der Waals surface area contributed by atoms with Gasteiger partial charge in [-0.1, -0.05) is 24.3 Å². The van der Waals surface area contributed by atoms with E-state index >= 15 is 0 Å². The number of ether oxygens (including phenoxy) is 2. The third kappa shape index (κ3) is 4.99. The summed E-state index contributed by atoms with van der Waals surface area (Å²) in [7, 11) is 1.23. The smallest absolute Gasteiger partial charge is 0.337 e. The summed E-state index contributed by atoms with van der Waals surface area (Å²) in [5.41, 5.74) is -5.74. The Labute approximate surface area is 191 Å². The molecule has 0 saturated carbocycles. The molecule has 0 spiro atoms. The molecule has 10 nitrogen and oxygen atoms in total. The van der Waals surface area contributed by atoms with Gasteiger partial charge in [0, 0.05) is 6.42 Å². The van der Waals surface area contributed by atoms with Gasteiger partial charge in [-0.2, -0.15) is 0 Å². The van der Waals surface area contributed by atoms with E-state index in [0.717, 1.165) is 0 Å². The van der Waals surface area contributed by atoms with E-state index in [1.165, 1.54) is 58.3 Å². The largest absolute Gasteiger partial charge is 0.465 e. The van der Waals surface area contributed by atoms with E-state index in [1.54, 1.807) is 6.92 Å². The van der Waals surface area contributed by atoms with Crippen LogP contribution in [0.5, 0.6) is 0 Å². The number of aliphatic hydroxyl groups excluding tert-OH is 1. The Morgan fingerprint density at radius 2 is 1.97 bits per heavy atom. The Balaban J connectivity index is 2.19. The fraction of sp³-hybridized carbons (Fsp3) is 0.522. The van der Waals surface area contributed by atoms with E-state index in [4.69, 9.17) is 4.74 Å². The summed E-state index contributed by atoms with van der Waals surface area (Å²) in [4.78, 5) is 36.8. The van der Waals surface area contributed by atoms with Crippen molar-refractivity contribution in [1.29, 1.82) is 0 Å². The molecule has 0 aromatic rings. The van der Waals surface area contributed by atoms with Crippen molar-refractivity contribution in [2.45, 2.75) is 63.3 Å². The van der Waals surface area contributed by atoms with Crippen LogP contribution in [0, 0.1) is 0 Å². The zero-order chi connectivity index (χ0) is 25.2. The fourth-order valence-electron chi connectivity index (χ4n) is 3.85. The van der Waals surface area contributed by atoms with Gasteiger partial charge < -0.3 is 35.2 Å². The van der Waals surface area contributed by atoms with Crippen LogP contribution in [-0.2, 0) is 23.9 Å². The summed E-state index contributed by atoms with van der Waals surface area (Å²) in [6.45, 7) is 5.91. The Kier molecular flexibility index (Phi) is 7.82. The van der Waals surface area contributed by atoms with Crippen LogP contribution in [0.3, 0.4) is 0 Å². The van der Waals surface area contributed by atoms with Crippen molar-refractivity contribution in [3.05, 3.63) is 47.1 Å². The molecule has 5 atom stereocenters. The van der Waals surface area contributed by atoms with Gasteiger partial charge in [0.15, 0.2) is 11.8 Å². The number of amides is 1. The number of allylic oxidation sites excluding steroid dienone is 3. The van der Waals surface area contributed by atoms with Gasteiger partial charge in [0.2, 0.25) is 11.4 Å². The van der Waals surface area contributed by atoms with E-state index in [1.807, 2.05) is 0 Å². The topological polar surface area (TPSA) is 163 Å². The molecule has 2 fully saturated rings. The number of carbonyl (C=O) groups excluding carboxylic acids is 3. The summed E-state index contributed by atoms with van der Waals surface area (Å²) in [5, 5.41) is 44.6. The predicted octanol–water partition coefficient (Wildman–Crippen LogP) is -0.426. The summed E-state index contributed by atoms with van der Waals surface area (Å²) >= 11 is 0. The average Bonchev–Trinajstić information content (AvgIpc) is 3.23. The molecule has 10 heteroatoms. The van der Waals surface area contributed by atoms with Crippen LogP contribution in [0.15, 0.2) is 47.1 Å². The van der Waals surface area contributed by atoms with Crippen molar-refractivity contribution in [2.24, 2.45) is 0 Å². The first-order valence-electron chi connectivity index (χ1n) is 10.4. The van der Waals surface area contributed by atoms with E-state index in [9.17, 15) is 34.8 Å². The van der Waals surface area contributed by atoms with Gasteiger partial charge in [-0.15, -0.1) is 0 Å². The van der Waals surface area contributed by atoms with Crippen molar-refractivity contribution in [2.75, 3.05) is 13.7 Å². The molecular formula is C23H31NO9. The number of hydrogen-bond acceptors (Lipinski definition) is 9. The molecule has 5 N–H and O–H groups in total. The van der Waals surface area contributed by atoms with E-state index in [0.29, 0.717) is 0 Å². The van der Waals surface area contributed by atoms with E-state index < -0.39 is 46.8 Å². The van der Waals surface area contributed by atoms with Crippen LogP contribution in [0.1, 0.15) is 34.1 Å². The first-order valence-corrected chi connectivity index (χ1v) is 10.4. The van der Waals surface area contributed by atoms with Crippen molar-refractivity contribution in [3.63, 3.8) is 0 Å². The van der Waals surface area contributed by atoms with Crippen LogP contribution >= 0.6 is 0 Å². The first-order chi connectivity index (χ1) is 15.2. The monoisotopic (exact) mass is 465 g/mol. The number of ketones is 1. The minimum Gasteiger partial charge on any atom is -0.465 e. The second kappa shape index (κ2) is 9.70. The third-order valence-electron chi connectivity index (χ3n) is 5.84. The SMILES string of the molecule is C/C=C(\C=C(/C)[C@@H](O)[C@@](C)(O)/C=C/C=C(\C)C(=O)[C@@]1(O)C(=O)N[C@]2(O)CCO[C@H]12)C(=O)OC. The maximum Gasteiger partial charge on any atom is 0.337 e. The predicted molar refractivity (Wildman–Crippen MR) is 116 cm³/mol. The van der Waals surface area contributed by atoms with Gasteiger partial charge in [-0.25, -0.2) is 4.79 Å². The number of fused-ring (bicyclic) bond motifs is 1. The van der Waals surface area contributed by atoms with Gasteiger partial charge in [0.25, 0.3) is 5.91 Å². The van der Waals surface area contributed by atoms with Gasteiger partial charge >= 0.3 is 5.97 Å². The maximum absolute atomic E-state index is 12.8. The number of rotatable bonds is 8. The van der Waals surface area contributed by atoms with Crippen molar-refractivity contribution in [3.8, 4) is 0 Å². The molecule has 2 heterocycles. The fourth-order valence-corrected chi connectivity index (χ4v) is 3.85. The standard InChI is InChI=1S/C23H31NO9/c1-6-15(18(27)32-5)12-14(3)16(25)21(4,29)9-7-8-13(2)17(26)23(31)19-22(30,10-11-33-19)24-20(23)28/h6-9,12,16,19,25,29-31H,10-11H2,1-5H3,(H,24,28)/b9-7+,13-8+,14-12+,15-6+/t16-,19+,21+,22+,23+/m1/s1. The van der Waals surface area contributed by atoms with Gasteiger partial charge in [0.05, 0.1) is 19.3 Å². The summed E-state index contributed by atoms with van der Waals surface area (Å²) < 4.78 is 9.90. The highest BCUT2D eigenvalue weighted by Gasteiger charge is 2.68. The zero-order valence-corrected chi connectivity index (χ0v) is 19.3. The second-order valence-electron chi connectivity index (χ2n) is 8.44. The number of Topliss-reactive ketones (excluding diaryl/α,β-unsaturated/α-hetero) is 1. The number of esters is 1.